The molecule has 1 aliphatic rings. The second kappa shape index (κ2) is 15.0. The van der Waals surface area contributed by atoms with Crippen molar-refractivity contribution in [2.75, 3.05) is 24.2 Å². The number of carbonyl (C=O) groups is 2. The fraction of sp³-hybridized carbons (Fsp3) is 0.394. The number of hydrogen-bond donors (Lipinski definition) is 1. The van der Waals surface area contributed by atoms with Crippen molar-refractivity contribution in [1.82, 2.24) is 10.2 Å². The monoisotopic (exact) mass is 609 g/mol. The highest BCUT2D eigenvalue weighted by molar-refractivity contribution is 7.92. The molecule has 0 bridgehead atoms. The van der Waals surface area contributed by atoms with E-state index < -0.39 is 16.1 Å². The van der Waals surface area contributed by atoms with Gasteiger partial charge in [0.2, 0.25) is 21.8 Å². The highest BCUT2D eigenvalue weighted by Gasteiger charge is 2.32. The summed E-state index contributed by atoms with van der Waals surface area (Å²) in [7, 11) is -2.09. The molecule has 1 saturated carbocycles. The molecule has 0 aromatic heterocycles. The molecule has 3 aromatic rings. The van der Waals surface area contributed by atoms with E-state index in [1.54, 1.807) is 41.3 Å². The van der Waals surface area contributed by atoms with Crippen LogP contribution in [0.1, 0.15) is 49.7 Å². The fourth-order valence-electron chi connectivity index (χ4n) is 5.46. The van der Waals surface area contributed by atoms with Crippen LogP contribution in [-0.4, -0.2) is 57.1 Å². The van der Waals surface area contributed by atoms with Crippen LogP contribution in [0, 0.1) is 5.82 Å². The molecule has 0 heterocycles. The highest BCUT2D eigenvalue weighted by Crippen LogP contribution is 2.24. The number of anilines is 1. The summed E-state index contributed by atoms with van der Waals surface area (Å²) in [5, 5.41) is 3.16. The largest absolute Gasteiger partial charge is 0.497 e. The van der Waals surface area contributed by atoms with Gasteiger partial charge in [0.15, 0.2) is 0 Å². The van der Waals surface area contributed by atoms with Gasteiger partial charge in [-0.05, 0) is 66.8 Å². The average molecular weight is 610 g/mol. The number of hydrogen-bond acceptors (Lipinski definition) is 5. The van der Waals surface area contributed by atoms with Crippen LogP contribution in [0.2, 0.25) is 0 Å². The Bertz CT molecular complexity index is 1440. The van der Waals surface area contributed by atoms with Crippen molar-refractivity contribution in [3.8, 4) is 5.75 Å². The van der Waals surface area contributed by atoms with Crippen molar-refractivity contribution < 1.29 is 27.1 Å². The van der Waals surface area contributed by atoms with E-state index >= 15 is 0 Å². The Balaban J connectivity index is 1.57. The molecule has 8 nitrogen and oxygen atoms in total. The maximum absolute atomic E-state index is 13.9. The Morgan fingerprint density at radius 1 is 0.953 bits per heavy atom. The molecule has 230 valence electrons. The number of nitrogens with one attached hydrogen (secondary N) is 1. The second-order valence-corrected chi connectivity index (χ2v) is 12.9. The first kappa shape index (κ1) is 32.0. The molecule has 1 aliphatic carbocycles. The Kier molecular flexibility index (Phi) is 11.2. The van der Waals surface area contributed by atoms with E-state index in [9.17, 15) is 22.4 Å². The van der Waals surface area contributed by atoms with Crippen LogP contribution >= 0.6 is 0 Å². The first-order valence-electron chi connectivity index (χ1n) is 14.6. The SMILES string of the molecule is COc1ccc(N(CCCC(=O)N(Cc2ccc(F)cc2)[C@H](Cc2ccccc2)C(=O)NC2CCCC2)S(C)(=O)=O)cc1. The van der Waals surface area contributed by atoms with E-state index in [1.807, 2.05) is 30.3 Å². The molecular formula is C33H40FN3O5S. The summed E-state index contributed by atoms with van der Waals surface area (Å²) in [6.07, 6.45) is 5.61. The Morgan fingerprint density at radius 2 is 1.60 bits per heavy atom. The zero-order valence-corrected chi connectivity index (χ0v) is 25.6. The van der Waals surface area contributed by atoms with E-state index in [2.05, 4.69) is 5.32 Å². The van der Waals surface area contributed by atoms with Crippen molar-refractivity contribution in [3.05, 3.63) is 95.8 Å². The van der Waals surface area contributed by atoms with Gasteiger partial charge >= 0.3 is 0 Å². The minimum absolute atomic E-state index is 0.0192. The number of nitrogens with zero attached hydrogens (tertiary/aromatic N) is 2. The van der Waals surface area contributed by atoms with Crippen LogP contribution in [0.4, 0.5) is 10.1 Å². The van der Waals surface area contributed by atoms with Crippen LogP contribution in [0.3, 0.4) is 0 Å². The van der Waals surface area contributed by atoms with Crippen LogP contribution in [-0.2, 0) is 32.6 Å². The molecule has 1 fully saturated rings. The third-order valence-electron chi connectivity index (χ3n) is 7.75. The number of carbonyl (C=O) groups excluding carboxylic acids is 2. The summed E-state index contributed by atoms with van der Waals surface area (Å²) >= 11 is 0. The van der Waals surface area contributed by atoms with E-state index in [4.69, 9.17) is 4.74 Å². The van der Waals surface area contributed by atoms with Crippen LogP contribution in [0.25, 0.3) is 0 Å². The predicted octanol–water partition coefficient (Wildman–Crippen LogP) is 5.08. The van der Waals surface area contributed by atoms with Gasteiger partial charge in [0, 0.05) is 32.0 Å². The first-order valence-corrected chi connectivity index (χ1v) is 16.5. The van der Waals surface area contributed by atoms with Gasteiger partial charge in [0.1, 0.15) is 17.6 Å². The number of sulfonamides is 1. The summed E-state index contributed by atoms with van der Waals surface area (Å²) in [6, 6.07) is 21.4. The van der Waals surface area contributed by atoms with Crippen molar-refractivity contribution in [2.45, 2.75) is 63.6 Å². The smallest absolute Gasteiger partial charge is 0.243 e. The van der Waals surface area contributed by atoms with Gasteiger partial charge in [-0.3, -0.25) is 13.9 Å². The number of halogens is 1. The van der Waals surface area contributed by atoms with Gasteiger partial charge in [-0.1, -0.05) is 55.3 Å². The summed E-state index contributed by atoms with van der Waals surface area (Å²) in [5.41, 5.74) is 2.07. The van der Waals surface area contributed by atoms with Gasteiger partial charge in [0.05, 0.1) is 19.1 Å². The van der Waals surface area contributed by atoms with Gasteiger partial charge in [-0.2, -0.15) is 0 Å². The molecule has 3 aromatic carbocycles. The minimum atomic E-state index is -3.62. The molecule has 0 radical (unpaired) electrons. The van der Waals surface area contributed by atoms with E-state index in [-0.39, 0.29) is 49.6 Å². The molecule has 0 aliphatic heterocycles. The lowest BCUT2D eigenvalue weighted by Crippen LogP contribution is -2.52. The Hall–Kier alpha value is -3.92. The molecule has 10 heteroatoms. The van der Waals surface area contributed by atoms with Gasteiger partial charge in [0.25, 0.3) is 0 Å². The van der Waals surface area contributed by atoms with Gasteiger partial charge in [-0.15, -0.1) is 0 Å². The number of ether oxygens (including phenoxy) is 1. The molecule has 1 N–H and O–H groups in total. The zero-order valence-electron chi connectivity index (χ0n) is 24.7. The maximum Gasteiger partial charge on any atom is 0.243 e. The molecule has 0 unspecified atom stereocenters. The minimum Gasteiger partial charge on any atom is -0.497 e. The van der Waals surface area contributed by atoms with Crippen LogP contribution in [0.5, 0.6) is 5.75 Å². The maximum atomic E-state index is 13.9. The number of amides is 2. The molecule has 43 heavy (non-hydrogen) atoms. The first-order chi connectivity index (χ1) is 20.6. The normalized spacial score (nSPS) is 14.2. The van der Waals surface area contributed by atoms with Crippen molar-refractivity contribution in [1.29, 1.82) is 0 Å². The number of methoxy groups -OCH3 is 1. The van der Waals surface area contributed by atoms with E-state index in [0.29, 0.717) is 23.4 Å². The quantitative estimate of drug-likeness (QED) is 0.275. The lowest BCUT2D eigenvalue weighted by Gasteiger charge is -2.33. The van der Waals surface area contributed by atoms with Crippen molar-refractivity contribution in [3.63, 3.8) is 0 Å². The van der Waals surface area contributed by atoms with Crippen molar-refractivity contribution in [2.24, 2.45) is 0 Å². The third-order valence-corrected chi connectivity index (χ3v) is 8.95. The fourth-order valence-corrected chi connectivity index (χ4v) is 6.43. The predicted molar refractivity (Wildman–Crippen MR) is 166 cm³/mol. The molecule has 1 atom stereocenters. The Morgan fingerprint density at radius 3 is 2.21 bits per heavy atom. The molecule has 2 amide bonds. The molecule has 4 rings (SSSR count). The lowest BCUT2D eigenvalue weighted by molar-refractivity contribution is -0.141. The van der Waals surface area contributed by atoms with Gasteiger partial charge in [-0.25, -0.2) is 12.8 Å². The van der Waals surface area contributed by atoms with E-state index in [1.165, 1.54) is 23.5 Å². The third kappa shape index (κ3) is 9.28. The zero-order chi connectivity index (χ0) is 30.8. The molecule has 0 saturated heterocycles. The summed E-state index contributed by atoms with van der Waals surface area (Å²) in [4.78, 5) is 29.3. The standard InChI is InChI=1S/C33H40FN3O5S/c1-42-30-20-18-29(19-21-30)37(43(2,40)41)22-8-13-32(38)36(24-26-14-16-27(34)17-15-26)31(23-25-9-4-3-5-10-25)33(39)35-28-11-6-7-12-28/h3-5,9-10,14-21,28,31H,6-8,11-13,22-24H2,1-2H3,(H,35,39)/t31-/m1/s1. The van der Waals surface area contributed by atoms with Crippen LogP contribution < -0.4 is 14.4 Å². The summed E-state index contributed by atoms with van der Waals surface area (Å²) in [5.74, 6) is -0.290. The highest BCUT2D eigenvalue weighted by atomic mass is 32.2. The summed E-state index contributed by atoms with van der Waals surface area (Å²) in [6.45, 7) is 0.196. The summed E-state index contributed by atoms with van der Waals surface area (Å²) < 4.78 is 45.4. The second-order valence-electron chi connectivity index (χ2n) is 11.0. The average Bonchev–Trinajstić information content (AvgIpc) is 3.51. The van der Waals surface area contributed by atoms with Crippen molar-refractivity contribution >= 4 is 27.5 Å². The van der Waals surface area contributed by atoms with Crippen LogP contribution in [0.15, 0.2) is 78.9 Å². The molecule has 0 spiro atoms. The molecular weight excluding hydrogens is 569 g/mol. The van der Waals surface area contributed by atoms with Gasteiger partial charge < -0.3 is 15.0 Å². The van der Waals surface area contributed by atoms with E-state index in [0.717, 1.165) is 37.5 Å². The Labute approximate surface area is 253 Å². The number of benzene rings is 3. The number of rotatable bonds is 14. The lowest BCUT2D eigenvalue weighted by atomic mass is 10.0. The topological polar surface area (TPSA) is 96.0 Å².